The van der Waals surface area contributed by atoms with Gasteiger partial charge in [0.15, 0.2) is 0 Å². The summed E-state index contributed by atoms with van der Waals surface area (Å²) in [7, 11) is 1.92. The molecule has 3 rings (SSSR count). The minimum atomic E-state index is 0.0850. The second-order valence-corrected chi connectivity index (χ2v) is 7.45. The predicted molar refractivity (Wildman–Crippen MR) is 100 cm³/mol. The van der Waals surface area contributed by atoms with Gasteiger partial charge < -0.3 is 14.2 Å². The van der Waals surface area contributed by atoms with Crippen molar-refractivity contribution in [1.82, 2.24) is 10.1 Å². The third-order valence-electron chi connectivity index (χ3n) is 5.52. The first-order chi connectivity index (χ1) is 12.5. The van der Waals surface area contributed by atoms with Crippen LogP contribution in [0.4, 0.5) is 0 Å². The molecule has 5 nitrogen and oxygen atoms in total. The van der Waals surface area contributed by atoms with E-state index >= 15 is 0 Å². The van der Waals surface area contributed by atoms with Gasteiger partial charge in [-0.25, -0.2) is 0 Å². The summed E-state index contributed by atoms with van der Waals surface area (Å²) in [5.74, 6) is 2.37. The molecule has 1 heterocycles. The van der Waals surface area contributed by atoms with Gasteiger partial charge in [0.05, 0.1) is 11.3 Å². The zero-order valence-corrected chi connectivity index (χ0v) is 16.1. The smallest absolute Gasteiger partial charge is 0.253 e. The summed E-state index contributed by atoms with van der Waals surface area (Å²) in [4.78, 5) is 14.6. The quantitative estimate of drug-likeness (QED) is 0.790. The van der Waals surface area contributed by atoms with Gasteiger partial charge in [0.2, 0.25) is 0 Å². The highest BCUT2D eigenvalue weighted by Gasteiger charge is 2.25. The van der Waals surface area contributed by atoms with Gasteiger partial charge in [0.1, 0.15) is 18.1 Å². The fourth-order valence-electron chi connectivity index (χ4n) is 3.56. The molecule has 1 amide bonds. The van der Waals surface area contributed by atoms with Crippen LogP contribution in [0.15, 0.2) is 28.8 Å². The second-order valence-electron chi connectivity index (χ2n) is 7.45. The molecule has 0 spiro atoms. The summed E-state index contributed by atoms with van der Waals surface area (Å²) in [6.07, 6.45) is 4.61. The lowest BCUT2D eigenvalue weighted by Gasteiger charge is -2.33. The molecule has 140 valence electrons. The van der Waals surface area contributed by atoms with Crippen molar-refractivity contribution in [3.8, 4) is 5.75 Å². The van der Waals surface area contributed by atoms with E-state index in [2.05, 4.69) is 12.1 Å². The molecule has 0 N–H and O–H groups in total. The molecule has 1 aliphatic rings. The Hall–Kier alpha value is -2.30. The third-order valence-corrected chi connectivity index (χ3v) is 5.52. The highest BCUT2D eigenvalue weighted by Crippen LogP contribution is 2.27. The Bertz CT molecular complexity index is 724. The lowest BCUT2D eigenvalue weighted by Crippen LogP contribution is -2.39. The van der Waals surface area contributed by atoms with Crippen LogP contribution in [0.2, 0.25) is 0 Å². The molecule has 0 aliphatic heterocycles. The average Bonchev–Trinajstić information content (AvgIpc) is 2.98. The largest absolute Gasteiger partial charge is 0.489 e. The highest BCUT2D eigenvalue weighted by atomic mass is 16.5. The molecule has 1 fully saturated rings. The van der Waals surface area contributed by atoms with Crippen molar-refractivity contribution in [2.45, 2.75) is 59.1 Å². The first-order valence-corrected chi connectivity index (χ1v) is 9.37. The molecule has 2 aromatic rings. The standard InChI is InChI=1S/C21H28N2O3/c1-14-5-9-18(10-6-14)23(4)21(24)17-7-11-19(12-8-17)25-13-20-15(2)22-26-16(20)3/h7-8,11-12,14,18H,5-6,9-10,13H2,1-4H3. The summed E-state index contributed by atoms with van der Waals surface area (Å²) in [5, 5.41) is 3.93. The number of ether oxygens (including phenoxy) is 1. The maximum atomic E-state index is 12.7. The molecule has 5 heteroatoms. The van der Waals surface area contributed by atoms with Gasteiger partial charge in [-0.2, -0.15) is 0 Å². The summed E-state index contributed by atoms with van der Waals surface area (Å²) < 4.78 is 11.0. The van der Waals surface area contributed by atoms with Crippen molar-refractivity contribution in [2.24, 2.45) is 5.92 Å². The first-order valence-electron chi connectivity index (χ1n) is 9.37. The van der Waals surface area contributed by atoms with Crippen LogP contribution in [-0.2, 0) is 6.61 Å². The van der Waals surface area contributed by atoms with Crippen molar-refractivity contribution in [2.75, 3.05) is 7.05 Å². The van der Waals surface area contributed by atoms with Crippen molar-refractivity contribution >= 4 is 5.91 Å². The van der Waals surface area contributed by atoms with Crippen molar-refractivity contribution in [3.05, 3.63) is 46.8 Å². The van der Waals surface area contributed by atoms with Gasteiger partial charge in [-0.15, -0.1) is 0 Å². The number of aryl methyl sites for hydroxylation is 2. The number of rotatable bonds is 5. The van der Waals surface area contributed by atoms with E-state index in [0.29, 0.717) is 18.2 Å². The Morgan fingerprint density at radius 2 is 1.85 bits per heavy atom. The number of amides is 1. The lowest BCUT2D eigenvalue weighted by molar-refractivity contribution is 0.0679. The molecule has 1 aromatic heterocycles. The molecular formula is C21H28N2O3. The zero-order chi connectivity index (χ0) is 18.7. The maximum Gasteiger partial charge on any atom is 0.253 e. The summed E-state index contributed by atoms with van der Waals surface area (Å²) >= 11 is 0. The minimum Gasteiger partial charge on any atom is -0.489 e. The molecule has 26 heavy (non-hydrogen) atoms. The number of nitrogens with zero attached hydrogens (tertiary/aromatic N) is 2. The van der Waals surface area contributed by atoms with E-state index in [0.717, 1.165) is 41.5 Å². The van der Waals surface area contributed by atoms with E-state index in [-0.39, 0.29) is 5.91 Å². The third kappa shape index (κ3) is 4.09. The van der Waals surface area contributed by atoms with Crippen LogP contribution < -0.4 is 4.74 Å². The summed E-state index contributed by atoms with van der Waals surface area (Å²) in [6, 6.07) is 7.73. The maximum absolute atomic E-state index is 12.7. The van der Waals surface area contributed by atoms with Crippen molar-refractivity contribution in [1.29, 1.82) is 0 Å². The topological polar surface area (TPSA) is 55.6 Å². The normalized spacial score (nSPS) is 20.0. The number of carbonyl (C=O) groups is 1. The number of carbonyl (C=O) groups excluding carboxylic acids is 1. The zero-order valence-electron chi connectivity index (χ0n) is 16.1. The van der Waals surface area contributed by atoms with Gasteiger partial charge in [-0.1, -0.05) is 12.1 Å². The molecule has 0 radical (unpaired) electrons. The van der Waals surface area contributed by atoms with Crippen LogP contribution >= 0.6 is 0 Å². The summed E-state index contributed by atoms with van der Waals surface area (Å²) in [5.41, 5.74) is 2.52. The van der Waals surface area contributed by atoms with E-state index in [4.69, 9.17) is 9.26 Å². The molecule has 1 aromatic carbocycles. The van der Waals surface area contributed by atoms with E-state index in [9.17, 15) is 4.79 Å². The Morgan fingerprint density at radius 3 is 2.42 bits per heavy atom. The van der Waals surface area contributed by atoms with Crippen LogP contribution in [0.5, 0.6) is 5.75 Å². The van der Waals surface area contributed by atoms with Gasteiger partial charge in [0.25, 0.3) is 5.91 Å². The van der Waals surface area contributed by atoms with Crippen LogP contribution in [0, 0.1) is 19.8 Å². The fraction of sp³-hybridized carbons (Fsp3) is 0.524. The van der Waals surface area contributed by atoms with Gasteiger partial charge in [-0.05, 0) is 69.7 Å². The van der Waals surface area contributed by atoms with E-state index in [1.54, 1.807) is 0 Å². The Labute approximate surface area is 155 Å². The molecule has 0 bridgehead atoms. The summed E-state index contributed by atoms with van der Waals surface area (Å²) in [6.45, 7) is 6.48. The molecule has 1 saturated carbocycles. The van der Waals surface area contributed by atoms with Gasteiger partial charge >= 0.3 is 0 Å². The second kappa shape index (κ2) is 7.94. The molecular weight excluding hydrogens is 328 g/mol. The Kier molecular flexibility index (Phi) is 5.64. The van der Waals surface area contributed by atoms with Crippen LogP contribution in [0.3, 0.4) is 0 Å². The van der Waals surface area contributed by atoms with E-state index in [1.165, 1.54) is 12.8 Å². The predicted octanol–water partition coefficient (Wildman–Crippen LogP) is 4.52. The number of hydrogen-bond donors (Lipinski definition) is 0. The number of benzene rings is 1. The fourth-order valence-corrected chi connectivity index (χ4v) is 3.56. The molecule has 0 atom stereocenters. The van der Waals surface area contributed by atoms with Gasteiger partial charge in [-0.3, -0.25) is 4.79 Å². The Morgan fingerprint density at radius 1 is 1.19 bits per heavy atom. The minimum absolute atomic E-state index is 0.0850. The van der Waals surface area contributed by atoms with Gasteiger partial charge in [0, 0.05) is 18.7 Å². The van der Waals surface area contributed by atoms with E-state index in [1.807, 2.05) is 50.1 Å². The lowest BCUT2D eigenvalue weighted by atomic mass is 9.86. The first kappa shape index (κ1) is 18.5. The monoisotopic (exact) mass is 356 g/mol. The van der Waals surface area contributed by atoms with Crippen LogP contribution in [0.1, 0.15) is 60.0 Å². The van der Waals surface area contributed by atoms with Crippen LogP contribution in [0.25, 0.3) is 0 Å². The molecule has 1 aliphatic carbocycles. The van der Waals surface area contributed by atoms with Crippen molar-refractivity contribution < 1.29 is 14.1 Å². The highest BCUT2D eigenvalue weighted by molar-refractivity contribution is 5.94. The van der Waals surface area contributed by atoms with Crippen LogP contribution in [-0.4, -0.2) is 29.1 Å². The van der Waals surface area contributed by atoms with Crippen molar-refractivity contribution in [3.63, 3.8) is 0 Å². The molecule has 0 unspecified atom stereocenters. The number of aromatic nitrogens is 1. The number of hydrogen-bond acceptors (Lipinski definition) is 4. The SMILES string of the molecule is Cc1noc(C)c1COc1ccc(C(=O)N(C)C2CCC(C)CC2)cc1. The van der Waals surface area contributed by atoms with E-state index < -0.39 is 0 Å². The molecule has 0 saturated heterocycles. The average molecular weight is 356 g/mol. The Balaban J connectivity index is 1.59.